The van der Waals surface area contributed by atoms with E-state index in [0.717, 1.165) is 24.3 Å². The number of hydrogen-bond donors (Lipinski definition) is 2. The van der Waals surface area contributed by atoms with Gasteiger partial charge in [0, 0.05) is 0 Å². The fourth-order valence-electron chi connectivity index (χ4n) is 2.89. The van der Waals surface area contributed by atoms with E-state index in [9.17, 15) is 0 Å². The molecule has 0 fully saturated rings. The quantitative estimate of drug-likeness (QED) is 0.474. The zero-order valence-corrected chi connectivity index (χ0v) is 19.1. The maximum atomic E-state index is 8.94. The maximum Gasteiger partial charge on any atom is 0.123 e. The van der Waals surface area contributed by atoms with E-state index in [1.54, 1.807) is 0 Å². The minimum absolute atomic E-state index is 0.0577. The average Bonchev–Trinajstić information content (AvgIpc) is 2.78. The fraction of sp³-hybridized carbons (Fsp3) is 0.538. The molecule has 0 saturated heterocycles. The molecule has 0 aliphatic carbocycles. The fourth-order valence-corrected chi connectivity index (χ4v) is 2.89. The topological polar surface area (TPSA) is 58.9 Å². The van der Waals surface area contributed by atoms with Gasteiger partial charge in [-0.1, -0.05) is 63.1 Å². The number of aryl methyl sites for hydroxylation is 2. The van der Waals surface area contributed by atoms with E-state index < -0.39 is 0 Å². The Morgan fingerprint density at radius 3 is 1.37 bits per heavy atom. The molecular formula is C26H40O4. The van der Waals surface area contributed by atoms with E-state index in [2.05, 4.69) is 26.0 Å². The molecule has 2 atom stereocenters. The van der Waals surface area contributed by atoms with Crippen LogP contribution in [-0.4, -0.2) is 35.6 Å². The molecule has 0 heterocycles. The molecule has 4 nitrogen and oxygen atoms in total. The molecule has 4 heteroatoms. The van der Waals surface area contributed by atoms with E-state index in [4.69, 9.17) is 19.7 Å². The van der Waals surface area contributed by atoms with Gasteiger partial charge < -0.3 is 19.7 Å². The third-order valence-electron chi connectivity index (χ3n) is 4.72. The Balaban J connectivity index is 0.000000300. The van der Waals surface area contributed by atoms with Crippen molar-refractivity contribution < 1.29 is 19.7 Å². The summed E-state index contributed by atoms with van der Waals surface area (Å²) in [5.74, 6) is 1.82. The summed E-state index contributed by atoms with van der Waals surface area (Å²) in [7, 11) is 0. The summed E-state index contributed by atoms with van der Waals surface area (Å²) in [6, 6.07) is 16.1. The van der Waals surface area contributed by atoms with E-state index in [1.807, 2.05) is 50.2 Å². The number of hydrogen-bond acceptors (Lipinski definition) is 4. The normalized spacial score (nSPS) is 12.5. The zero-order valence-electron chi connectivity index (χ0n) is 19.1. The van der Waals surface area contributed by atoms with Crippen molar-refractivity contribution in [1.29, 1.82) is 0 Å². The molecule has 30 heavy (non-hydrogen) atoms. The van der Waals surface area contributed by atoms with Gasteiger partial charge in [-0.05, 0) is 62.8 Å². The SMILES string of the molecule is CCCCc1ccccc1O[C@@H](C)CO.CCCCc1ccccc1O[C@H](C)CO. The van der Waals surface area contributed by atoms with Gasteiger partial charge in [0.25, 0.3) is 0 Å². The van der Waals surface area contributed by atoms with Crippen LogP contribution in [0.1, 0.15) is 64.5 Å². The molecule has 0 spiro atoms. The van der Waals surface area contributed by atoms with E-state index in [1.165, 1.54) is 36.8 Å². The van der Waals surface area contributed by atoms with Crippen molar-refractivity contribution in [2.45, 2.75) is 78.4 Å². The van der Waals surface area contributed by atoms with Crippen LogP contribution in [0.5, 0.6) is 11.5 Å². The Bertz CT molecular complexity index is 627. The molecule has 2 rings (SSSR count). The highest BCUT2D eigenvalue weighted by Gasteiger charge is 2.07. The molecule has 0 aromatic heterocycles. The predicted octanol–water partition coefficient (Wildman–Crippen LogP) is 5.58. The highest BCUT2D eigenvalue weighted by molar-refractivity contribution is 5.34. The number of rotatable bonds is 12. The summed E-state index contributed by atoms with van der Waals surface area (Å²) in [6.45, 7) is 8.22. The van der Waals surface area contributed by atoms with Crippen LogP contribution >= 0.6 is 0 Å². The van der Waals surface area contributed by atoms with Gasteiger partial charge in [-0.2, -0.15) is 0 Å². The molecule has 2 aromatic carbocycles. The number of unbranched alkanes of at least 4 members (excludes halogenated alkanes) is 2. The second kappa shape index (κ2) is 15.8. The van der Waals surface area contributed by atoms with Crippen LogP contribution < -0.4 is 9.47 Å². The predicted molar refractivity (Wildman–Crippen MR) is 124 cm³/mol. The maximum absolute atomic E-state index is 8.94. The summed E-state index contributed by atoms with van der Waals surface area (Å²) in [4.78, 5) is 0. The third kappa shape index (κ3) is 10.1. The summed E-state index contributed by atoms with van der Waals surface area (Å²) in [5, 5.41) is 17.9. The van der Waals surface area contributed by atoms with Gasteiger partial charge in [0.1, 0.15) is 23.7 Å². The van der Waals surface area contributed by atoms with Crippen molar-refractivity contribution in [1.82, 2.24) is 0 Å². The Labute approximate surface area is 182 Å². The lowest BCUT2D eigenvalue weighted by Gasteiger charge is -2.15. The largest absolute Gasteiger partial charge is 0.488 e. The standard InChI is InChI=1S/2C13H20O2/c2*1-3-4-7-12-8-5-6-9-13(12)15-11(2)10-14/h2*5-6,8-9,11,14H,3-4,7,10H2,1-2H3/t2*11-/m10/s1. The minimum Gasteiger partial charge on any atom is -0.488 e. The number of aliphatic hydroxyl groups excluding tert-OH is 2. The van der Waals surface area contributed by atoms with Crippen LogP contribution in [-0.2, 0) is 12.8 Å². The Morgan fingerprint density at radius 2 is 1.03 bits per heavy atom. The lowest BCUT2D eigenvalue weighted by molar-refractivity contribution is 0.128. The van der Waals surface area contributed by atoms with Crippen LogP contribution in [0, 0.1) is 0 Å². The smallest absolute Gasteiger partial charge is 0.123 e. The summed E-state index contributed by atoms with van der Waals surface area (Å²) < 4.78 is 11.3. The Hall–Kier alpha value is -2.04. The van der Waals surface area contributed by atoms with Crippen LogP contribution in [0.2, 0.25) is 0 Å². The first-order valence-corrected chi connectivity index (χ1v) is 11.3. The molecule has 0 radical (unpaired) electrons. The summed E-state index contributed by atoms with van der Waals surface area (Å²) in [6.07, 6.45) is 6.55. The molecule has 0 amide bonds. The molecule has 2 N–H and O–H groups in total. The third-order valence-corrected chi connectivity index (χ3v) is 4.72. The first kappa shape index (κ1) is 26.0. The second-order valence-electron chi connectivity index (χ2n) is 7.64. The summed E-state index contributed by atoms with van der Waals surface area (Å²) >= 11 is 0. The lowest BCUT2D eigenvalue weighted by Crippen LogP contribution is -2.17. The van der Waals surface area contributed by atoms with Gasteiger partial charge in [-0.3, -0.25) is 0 Å². The highest BCUT2D eigenvalue weighted by Crippen LogP contribution is 2.22. The zero-order chi connectivity index (χ0) is 22.2. The van der Waals surface area contributed by atoms with Crippen molar-refractivity contribution >= 4 is 0 Å². The molecule has 168 valence electrons. The summed E-state index contributed by atoms with van der Waals surface area (Å²) in [5.41, 5.74) is 2.47. The number of ether oxygens (including phenoxy) is 2. The van der Waals surface area contributed by atoms with Gasteiger partial charge in [0.15, 0.2) is 0 Å². The van der Waals surface area contributed by atoms with Crippen LogP contribution in [0.3, 0.4) is 0 Å². The van der Waals surface area contributed by atoms with Crippen molar-refractivity contribution in [2.24, 2.45) is 0 Å². The molecule has 0 bridgehead atoms. The monoisotopic (exact) mass is 416 g/mol. The number of benzene rings is 2. The van der Waals surface area contributed by atoms with E-state index >= 15 is 0 Å². The van der Waals surface area contributed by atoms with Gasteiger partial charge in [0.2, 0.25) is 0 Å². The minimum atomic E-state index is -0.132. The molecule has 2 aromatic rings. The van der Waals surface area contributed by atoms with Gasteiger partial charge >= 0.3 is 0 Å². The lowest BCUT2D eigenvalue weighted by atomic mass is 10.1. The van der Waals surface area contributed by atoms with Gasteiger partial charge in [0.05, 0.1) is 13.2 Å². The first-order valence-electron chi connectivity index (χ1n) is 11.3. The molecule has 0 unspecified atom stereocenters. The molecule has 0 saturated carbocycles. The molecule has 0 aliphatic heterocycles. The van der Waals surface area contributed by atoms with Crippen LogP contribution in [0.15, 0.2) is 48.5 Å². The Morgan fingerprint density at radius 1 is 0.667 bits per heavy atom. The van der Waals surface area contributed by atoms with E-state index in [-0.39, 0.29) is 25.4 Å². The molecule has 0 aliphatic rings. The van der Waals surface area contributed by atoms with Crippen molar-refractivity contribution in [2.75, 3.05) is 13.2 Å². The average molecular weight is 417 g/mol. The van der Waals surface area contributed by atoms with Crippen LogP contribution in [0.4, 0.5) is 0 Å². The van der Waals surface area contributed by atoms with Gasteiger partial charge in [-0.15, -0.1) is 0 Å². The second-order valence-corrected chi connectivity index (χ2v) is 7.64. The molecular weight excluding hydrogens is 376 g/mol. The van der Waals surface area contributed by atoms with Crippen molar-refractivity contribution in [3.05, 3.63) is 59.7 Å². The number of aliphatic hydroxyl groups is 2. The Kier molecular flexibility index (Phi) is 13.7. The van der Waals surface area contributed by atoms with Crippen molar-refractivity contribution in [3.63, 3.8) is 0 Å². The highest BCUT2D eigenvalue weighted by atomic mass is 16.5. The van der Waals surface area contributed by atoms with Crippen LogP contribution in [0.25, 0.3) is 0 Å². The number of para-hydroxylation sites is 2. The van der Waals surface area contributed by atoms with Gasteiger partial charge in [-0.25, -0.2) is 0 Å². The van der Waals surface area contributed by atoms with E-state index in [0.29, 0.717) is 0 Å². The van der Waals surface area contributed by atoms with Crippen molar-refractivity contribution in [3.8, 4) is 11.5 Å². The first-order chi connectivity index (χ1) is 14.5.